The van der Waals surface area contributed by atoms with Crippen LogP contribution in [0.25, 0.3) is 27.6 Å². The second-order valence-corrected chi connectivity index (χ2v) is 23.2. The van der Waals surface area contributed by atoms with Crippen LogP contribution < -0.4 is 10.7 Å². The minimum absolute atomic E-state index is 0.0330. The van der Waals surface area contributed by atoms with Gasteiger partial charge in [0.1, 0.15) is 18.1 Å². The summed E-state index contributed by atoms with van der Waals surface area (Å²) in [5.74, 6) is 2.92. The number of carbonyl (C=O) groups is 5. The smallest absolute Gasteiger partial charge is 0.324 e. The number of rotatable bonds is 13. The molecular formula is C61H80F2N8O7. The van der Waals surface area contributed by atoms with Crippen LogP contribution in [0.4, 0.5) is 8.78 Å². The molecule has 17 heteroatoms. The van der Waals surface area contributed by atoms with E-state index < -0.39 is 65.3 Å². The second-order valence-electron chi connectivity index (χ2n) is 23.2. The summed E-state index contributed by atoms with van der Waals surface area (Å²) >= 11 is 0. The summed E-state index contributed by atoms with van der Waals surface area (Å²) in [6, 6.07) is 7.38. The van der Waals surface area contributed by atoms with Gasteiger partial charge in [0.2, 0.25) is 11.8 Å². The number of cyclic esters (lactones) is 1. The standard InChI is InChI=1S/C61H80F2N8O7/c1-11-45(52(64-12-2)38(4)77-10)54-47-35-60(5,6)37-78-59(76)48-20-16-28-71(66-48)58(75)49(32-39-30-43(33-44(31-39)55(62)63)41-21-22-50(46(47)34-41)70(54)13-3)65-56(73)53(40-18-14-15-19-40)67(9)57(74)42-24-29-68(36-42)51(72)23-25-61(7,8)69-26-17-27-69/h11-12,21-22,30-31,33-34,38,40,42,48-49,53,55,66H,1,13-20,24,26-29,32,35-37H2,2-10H3,(H,65,73)/b52-45+,64-12-/t38-,42-,48-,49-,53-/m0/s1. The molecule has 5 heterocycles. The summed E-state index contributed by atoms with van der Waals surface area (Å²) < 4.78 is 44.6. The van der Waals surface area contributed by atoms with Crippen LogP contribution in [-0.2, 0) is 52.8 Å². The molecule has 420 valence electrons. The zero-order chi connectivity index (χ0) is 56.2. The van der Waals surface area contributed by atoms with Gasteiger partial charge in [0.05, 0.1) is 35.6 Å². The molecule has 6 bridgehead atoms. The van der Waals surface area contributed by atoms with Crippen LogP contribution in [0, 0.1) is 29.1 Å². The minimum atomic E-state index is -2.87. The van der Waals surface area contributed by atoms with Gasteiger partial charge in [-0.3, -0.25) is 38.9 Å². The molecule has 2 aromatic carbocycles. The first kappa shape index (κ1) is 57.9. The quantitative estimate of drug-likeness (QED) is 0.0744. The summed E-state index contributed by atoms with van der Waals surface area (Å²) in [6.45, 7) is 21.3. The molecule has 3 aromatic rings. The van der Waals surface area contributed by atoms with Gasteiger partial charge in [0, 0.05) is 93.5 Å². The summed E-state index contributed by atoms with van der Waals surface area (Å²) in [5, 5.41) is 5.25. The highest BCUT2D eigenvalue weighted by atomic mass is 19.3. The van der Waals surface area contributed by atoms with Gasteiger partial charge in [-0.2, -0.15) is 0 Å². The molecule has 4 aliphatic heterocycles. The maximum Gasteiger partial charge on any atom is 0.324 e. The number of methoxy groups -OCH3 is 1. The first-order chi connectivity index (χ1) is 37.2. The highest BCUT2D eigenvalue weighted by molar-refractivity contribution is 5.97. The highest BCUT2D eigenvalue weighted by Crippen LogP contribution is 2.41. The molecule has 2 N–H and O–H groups in total. The number of likely N-dealkylation sites (N-methyl/N-ethyl adjacent to an activating group) is 1. The molecule has 4 fully saturated rings. The van der Waals surface area contributed by atoms with Crippen LogP contribution in [-0.4, -0.2) is 143 Å². The number of alkyl halides is 2. The molecule has 8 rings (SSSR count). The summed E-state index contributed by atoms with van der Waals surface area (Å²) in [4.78, 5) is 82.3. The third kappa shape index (κ3) is 12.5. The van der Waals surface area contributed by atoms with Crippen molar-refractivity contribution in [3.63, 3.8) is 0 Å². The van der Waals surface area contributed by atoms with E-state index in [9.17, 15) is 14.4 Å². The Morgan fingerprint density at radius 3 is 2.42 bits per heavy atom. The lowest BCUT2D eigenvalue weighted by atomic mass is 9.84. The van der Waals surface area contributed by atoms with Crippen LogP contribution in [0.15, 0.2) is 59.7 Å². The zero-order valence-electron chi connectivity index (χ0n) is 47.2. The predicted molar refractivity (Wildman–Crippen MR) is 299 cm³/mol. The van der Waals surface area contributed by atoms with Gasteiger partial charge in [0.15, 0.2) is 0 Å². The van der Waals surface area contributed by atoms with Crippen molar-refractivity contribution in [2.45, 2.75) is 155 Å². The lowest BCUT2D eigenvalue weighted by molar-refractivity contribution is -0.155. The van der Waals surface area contributed by atoms with E-state index in [1.54, 1.807) is 37.4 Å². The first-order valence-corrected chi connectivity index (χ1v) is 28.0. The second kappa shape index (κ2) is 24.4. The number of hydrogen-bond donors (Lipinski definition) is 2. The molecule has 1 saturated carbocycles. The number of nitrogens with zero attached hydrogens (tertiary/aromatic N) is 6. The molecule has 15 nitrogen and oxygen atoms in total. The van der Waals surface area contributed by atoms with Crippen molar-refractivity contribution in [1.82, 2.24) is 35.0 Å². The van der Waals surface area contributed by atoms with Crippen molar-refractivity contribution in [3.8, 4) is 23.0 Å². The number of aliphatic imine (C=N–C) groups is 1. The van der Waals surface area contributed by atoms with Gasteiger partial charge in [-0.25, -0.2) is 14.2 Å². The lowest BCUT2D eigenvalue weighted by Gasteiger charge is -2.41. The number of aryl methyl sites for hydroxylation is 1. The number of nitrogens with one attached hydrogen (secondary N) is 2. The third-order valence-electron chi connectivity index (χ3n) is 16.7. The van der Waals surface area contributed by atoms with E-state index in [1.165, 1.54) is 22.0 Å². The number of aromatic nitrogens is 1. The van der Waals surface area contributed by atoms with Crippen LogP contribution in [0.2, 0.25) is 0 Å². The molecule has 1 aliphatic carbocycles. The fourth-order valence-corrected chi connectivity index (χ4v) is 12.2. The average Bonchev–Trinajstić information content (AvgIpc) is 4.29. The number of benzene rings is 2. The minimum Gasteiger partial charge on any atom is -0.464 e. The molecule has 0 spiro atoms. The molecule has 0 radical (unpaired) electrons. The van der Waals surface area contributed by atoms with E-state index in [0.29, 0.717) is 74.0 Å². The highest BCUT2D eigenvalue weighted by Gasteiger charge is 2.43. The van der Waals surface area contributed by atoms with Crippen molar-refractivity contribution in [2.24, 2.45) is 22.2 Å². The number of esters is 1. The number of likely N-dealkylation sites (tertiary alicyclic amines) is 2. The largest absolute Gasteiger partial charge is 0.464 e. The van der Waals surface area contributed by atoms with E-state index in [-0.39, 0.29) is 49.4 Å². The Balaban J connectivity index is 1.18. The lowest BCUT2D eigenvalue weighted by Crippen LogP contribution is -2.62. The third-order valence-corrected chi connectivity index (χ3v) is 16.7. The Bertz CT molecular complexity index is 2910. The van der Waals surface area contributed by atoms with E-state index in [2.05, 4.69) is 45.6 Å². The zero-order valence-corrected chi connectivity index (χ0v) is 47.2. The van der Waals surface area contributed by atoms with E-state index in [1.807, 2.05) is 59.7 Å². The van der Waals surface area contributed by atoms with Crippen LogP contribution >= 0.6 is 0 Å². The molecule has 0 unspecified atom stereocenters. The Morgan fingerprint density at radius 2 is 1.77 bits per heavy atom. The Kier molecular flexibility index (Phi) is 18.1. The number of ether oxygens (including phenoxy) is 2. The maximum absolute atomic E-state index is 15.2. The maximum atomic E-state index is 15.2. The van der Waals surface area contributed by atoms with Crippen LogP contribution in [0.1, 0.15) is 129 Å². The first-order valence-electron chi connectivity index (χ1n) is 28.0. The van der Waals surface area contributed by atoms with Crippen LogP contribution in [0.3, 0.4) is 0 Å². The Labute approximate surface area is 459 Å². The van der Waals surface area contributed by atoms with E-state index >= 15 is 18.4 Å². The van der Waals surface area contributed by atoms with Gasteiger partial charge in [-0.15, -0.1) is 0 Å². The number of hydrogen-bond acceptors (Lipinski definition) is 10. The number of allylic oxidation sites excluding steroid dienone is 2. The number of carbonyl (C=O) groups excluding carboxylic acids is 5. The SMILES string of the molecule is C=C/C(=C(\N=C/C)[C@H](C)OC)c1c2c3cc(ccc3n1CC)-c1cc(cc(C(F)F)c1)C[C@H](NC(=O)[C@H](C1CCCC1)N(C)C(=O)[C@H]1CCN(C(=O)C#CC(C)(C)N3CCC3)C1)C(=O)N1CCC[C@H](N1)C(=O)OCC(C)(C)C2. The van der Waals surface area contributed by atoms with Gasteiger partial charge < -0.3 is 29.2 Å². The topological polar surface area (TPSA) is 158 Å². The number of amides is 4. The van der Waals surface area contributed by atoms with Crippen molar-refractivity contribution < 1.29 is 42.2 Å². The van der Waals surface area contributed by atoms with Gasteiger partial charge in [-0.05, 0) is 132 Å². The van der Waals surface area contributed by atoms with Crippen molar-refractivity contribution >= 4 is 52.3 Å². The van der Waals surface area contributed by atoms with E-state index in [4.69, 9.17) is 14.5 Å². The molecule has 5 atom stereocenters. The molecule has 5 aliphatic rings. The Hall–Kier alpha value is -6.22. The summed E-state index contributed by atoms with van der Waals surface area (Å²) in [7, 11) is 3.24. The van der Waals surface area contributed by atoms with Gasteiger partial charge in [0.25, 0.3) is 18.2 Å². The molecule has 78 heavy (non-hydrogen) atoms. The summed E-state index contributed by atoms with van der Waals surface area (Å²) in [5.41, 5.74) is 7.45. The predicted octanol–water partition coefficient (Wildman–Crippen LogP) is 8.29. The number of halogens is 2. The fourth-order valence-electron chi connectivity index (χ4n) is 12.2. The van der Waals surface area contributed by atoms with Gasteiger partial charge in [-0.1, -0.05) is 63.5 Å². The number of hydrazine groups is 1. The van der Waals surface area contributed by atoms with Crippen LogP contribution in [0.5, 0.6) is 0 Å². The Morgan fingerprint density at radius 1 is 1.03 bits per heavy atom. The number of fused-ring (bicyclic) bond motifs is 6. The molecule has 3 saturated heterocycles. The molecule has 1 aromatic heterocycles. The summed E-state index contributed by atoms with van der Waals surface area (Å²) in [6.07, 6.45) is 5.91. The molecular weight excluding hydrogens is 995 g/mol. The van der Waals surface area contributed by atoms with Crippen molar-refractivity contribution in [2.75, 3.05) is 53.5 Å². The fraction of sp³-hybridized carbons (Fsp3) is 0.574. The van der Waals surface area contributed by atoms with Crippen molar-refractivity contribution in [1.29, 1.82) is 0 Å². The molecule has 4 amide bonds. The normalized spacial score (nSPS) is 22.5. The van der Waals surface area contributed by atoms with Gasteiger partial charge >= 0.3 is 5.97 Å². The monoisotopic (exact) mass is 1070 g/mol. The average molecular weight is 1080 g/mol. The van der Waals surface area contributed by atoms with Crippen molar-refractivity contribution in [3.05, 3.63) is 77.1 Å². The van der Waals surface area contributed by atoms with E-state index in [0.717, 1.165) is 60.1 Å².